The summed E-state index contributed by atoms with van der Waals surface area (Å²) in [6.45, 7) is 4.16. The number of pyridine rings is 1. The van der Waals surface area contributed by atoms with Crippen molar-refractivity contribution in [3.05, 3.63) is 18.3 Å². The monoisotopic (exact) mass is 208 g/mol. The van der Waals surface area contributed by atoms with Crippen LogP contribution in [0.5, 0.6) is 0 Å². The highest BCUT2D eigenvalue weighted by molar-refractivity contribution is 5.49. The number of hydrogen-bond acceptors (Lipinski definition) is 5. The standard InChI is InChI=1S/C10H16N4O/c1-15-13-10-3-2-9(8-12-10)14-6-4-11-5-7-14/h2-3,8,11H,4-7H2,1H3,(H,12,13). The van der Waals surface area contributed by atoms with Gasteiger partial charge < -0.3 is 10.2 Å². The molecule has 5 nitrogen and oxygen atoms in total. The Morgan fingerprint density at radius 3 is 2.80 bits per heavy atom. The molecule has 0 unspecified atom stereocenters. The van der Waals surface area contributed by atoms with Crippen LogP contribution in [0.3, 0.4) is 0 Å². The molecular formula is C10H16N4O. The lowest BCUT2D eigenvalue weighted by atomic mass is 10.3. The van der Waals surface area contributed by atoms with Crippen LogP contribution in [0.1, 0.15) is 0 Å². The topological polar surface area (TPSA) is 49.4 Å². The molecule has 0 bridgehead atoms. The number of aromatic nitrogens is 1. The van der Waals surface area contributed by atoms with Crippen LogP contribution in [0.15, 0.2) is 18.3 Å². The summed E-state index contributed by atoms with van der Waals surface area (Å²) >= 11 is 0. The molecule has 1 aliphatic heterocycles. The van der Waals surface area contributed by atoms with E-state index in [0.717, 1.165) is 37.7 Å². The number of nitrogens with one attached hydrogen (secondary N) is 2. The number of anilines is 2. The third-order valence-electron chi connectivity index (χ3n) is 2.44. The second kappa shape index (κ2) is 4.95. The predicted molar refractivity (Wildman–Crippen MR) is 60.0 cm³/mol. The van der Waals surface area contributed by atoms with Crippen molar-refractivity contribution in [3.63, 3.8) is 0 Å². The van der Waals surface area contributed by atoms with Crippen molar-refractivity contribution >= 4 is 11.5 Å². The van der Waals surface area contributed by atoms with Crippen LogP contribution in [0.2, 0.25) is 0 Å². The van der Waals surface area contributed by atoms with Gasteiger partial charge in [-0.25, -0.2) is 10.5 Å². The SMILES string of the molecule is CONc1ccc(N2CCNCC2)cn1. The molecule has 2 N–H and O–H groups in total. The lowest BCUT2D eigenvalue weighted by Gasteiger charge is -2.29. The molecule has 1 aromatic heterocycles. The Hall–Kier alpha value is -1.33. The van der Waals surface area contributed by atoms with Crippen LogP contribution in [-0.2, 0) is 4.84 Å². The summed E-state index contributed by atoms with van der Waals surface area (Å²) in [5.41, 5.74) is 3.86. The van der Waals surface area contributed by atoms with E-state index in [1.54, 1.807) is 7.11 Å². The number of rotatable bonds is 3. The molecule has 15 heavy (non-hydrogen) atoms. The maximum Gasteiger partial charge on any atom is 0.149 e. The molecule has 5 heteroatoms. The second-order valence-corrected chi connectivity index (χ2v) is 3.44. The summed E-state index contributed by atoms with van der Waals surface area (Å²) < 4.78 is 0. The van der Waals surface area contributed by atoms with E-state index in [4.69, 9.17) is 4.84 Å². The van der Waals surface area contributed by atoms with E-state index in [2.05, 4.69) is 26.7 Å². The van der Waals surface area contributed by atoms with Crippen molar-refractivity contribution in [3.8, 4) is 0 Å². The van der Waals surface area contributed by atoms with E-state index < -0.39 is 0 Å². The van der Waals surface area contributed by atoms with Crippen molar-refractivity contribution in [2.45, 2.75) is 0 Å². The first-order valence-corrected chi connectivity index (χ1v) is 5.11. The Morgan fingerprint density at radius 2 is 2.20 bits per heavy atom. The largest absolute Gasteiger partial charge is 0.368 e. The molecule has 0 atom stereocenters. The molecule has 1 aromatic rings. The highest BCUT2D eigenvalue weighted by atomic mass is 16.6. The molecule has 0 aromatic carbocycles. The van der Waals surface area contributed by atoms with Gasteiger partial charge in [-0.1, -0.05) is 0 Å². The van der Waals surface area contributed by atoms with Crippen LogP contribution in [-0.4, -0.2) is 38.3 Å². The number of piperazine rings is 1. The molecule has 0 amide bonds. The Labute approximate surface area is 89.4 Å². The van der Waals surface area contributed by atoms with E-state index >= 15 is 0 Å². The lowest BCUT2D eigenvalue weighted by Crippen LogP contribution is -2.43. The van der Waals surface area contributed by atoms with Crippen molar-refractivity contribution in [2.75, 3.05) is 43.7 Å². The molecule has 0 saturated carbocycles. The molecule has 1 fully saturated rings. The first-order valence-electron chi connectivity index (χ1n) is 5.11. The second-order valence-electron chi connectivity index (χ2n) is 3.44. The van der Waals surface area contributed by atoms with Crippen molar-refractivity contribution in [1.82, 2.24) is 10.3 Å². The smallest absolute Gasteiger partial charge is 0.149 e. The van der Waals surface area contributed by atoms with Gasteiger partial charge in [0.2, 0.25) is 0 Å². The minimum absolute atomic E-state index is 0.733. The first kappa shape index (κ1) is 10.2. The zero-order chi connectivity index (χ0) is 10.5. The maximum absolute atomic E-state index is 4.78. The minimum Gasteiger partial charge on any atom is -0.368 e. The van der Waals surface area contributed by atoms with Gasteiger partial charge in [-0.15, -0.1) is 0 Å². The molecule has 0 aliphatic carbocycles. The van der Waals surface area contributed by atoms with E-state index in [1.807, 2.05) is 12.3 Å². The van der Waals surface area contributed by atoms with Gasteiger partial charge in [-0.05, 0) is 12.1 Å². The van der Waals surface area contributed by atoms with Crippen molar-refractivity contribution < 1.29 is 4.84 Å². The third kappa shape index (κ3) is 2.57. The number of nitrogens with zero attached hydrogens (tertiary/aromatic N) is 2. The van der Waals surface area contributed by atoms with Crippen LogP contribution in [0.25, 0.3) is 0 Å². The highest BCUT2D eigenvalue weighted by Gasteiger charge is 2.10. The summed E-state index contributed by atoms with van der Waals surface area (Å²) in [4.78, 5) is 11.3. The zero-order valence-corrected chi connectivity index (χ0v) is 8.86. The summed E-state index contributed by atoms with van der Waals surface area (Å²) in [6, 6.07) is 3.97. The van der Waals surface area contributed by atoms with Crippen LogP contribution < -0.4 is 15.7 Å². The summed E-state index contributed by atoms with van der Waals surface area (Å²) in [5.74, 6) is 0.733. The van der Waals surface area contributed by atoms with Crippen LogP contribution in [0.4, 0.5) is 11.5 Å². The molecule has 0 radical (unpaired) electrons. The Balaban J connectivity index is 2.02. The zero-order valence-electron chi connectivity index (χ0n) is 8.86. The average molecular weight is 208 g/mol. The molecule has 1 aliphatic rings. The van der Waals surface area contributed by atoms with Gasteiger partial charge in [-0.2, -0.15) is 0 Å². The van der Waals surface area contributed by atoms with Gasteiger partial charge in [-0.3, -0.25) is 4.84 Å². The van der Waals surface area contributed by atoms with Gasteiger partial charge in [0.15, 0.2) is 0 Å². The molecular weight excluding hydrogens is 192 g/mol. The van der Waals surface area contributed by atoms with E-state index in [0.29, 0.717) is 0 Å². The van der Waals surface area contributed by atoms with E-state index in [-0.39, 0.29) is 0 Å². The van der Waals surface area contributed by atoms with Crippen molar-refractivity contribution in [2.24, 2.45) is 0 Å². The highest BCUT2D eigenvalue weighted by Crippen LogP contribution is 2.15. The normalized spacial score (nSPS) is 16.5. The first-order chi connectivity index (χ1) is 7.40. The van der Waals surface area contributed by atoms with E-state index in [9.17, 15) is 0 Å². The Bertz CT molecular complexity index is 295. The molecule has 0 spiro atoms. The summed E-state index contributed by atoms with van der Waals surface area (Å²) in [6.07, 6.45) is 1.87. The predicted octanol–water partition coefficient (Wildman–Crippen LogP) is 0.464. The third-order valence-corrected chi connectivity index (χ3v) is 2.44. The average Bonchev–Trinajstić information content (AvgIpc) is 2.32. The fraction of sp³-hybridized carbons (Fsp3) is 0.500. The molecule has 2 heterocycles. The fourth-order valence-corrected chi connectivity index (χ4v) is 1.66. The van der Waals surface area contributed by atoms with Gasteiger partial charge in [0, 0.05) is 26.2 Å². The Morgan fingerprint density at radius 1 is 1.40 bits per heavy atom. The molecule has 82 valence electrons. The quantitative estimate of drug-likeness (QED) is 0.707. The van der Waals surface area contributed by atoms with Crippen molar-refractivity contribution in [1.29, 1.82) is 0 Å². The summed E-state index contributed by atoms with van der Waals surface area (Å²) in [5, 5.41) is 3.32. The van der Waals surface area contributed by atoms with Gasteiger partial charge >= 0.3 is 0 Å². The molecule has 1 saturated heterocycles. The van der Waals surface area contributed by atoms with Gasteiger partial charge in [0.25, 0.3) is 0 Å². The fourth-order valence-electron chi connectivity index (χ4n) is 1.66. The lowest BCUT2D eigenvalue weighted by molar-refractivity contribution is 0.269. The minimum atomic E-state index is 0.733. The maximum atomic E-state index is 4.78. The Kier molecular flexibility index (Phi) is 3.37. The van der Waals surface area contributed by atoms with E-state index in [1.165, 1.54) is 0 Å². The van der Waals surface area contributed by atoms with Crippen LogP contribution >= 0.6 is 0 Å². The van der Waals surface area contributed by atoms with Gasteiger partial charge in [0.05, 0.1) is 19.0 Å². The van der Waals surface area contributed by atoms with Crippen LogP contribution in [0, 0.1) is 0 Å². The number of hydrogen-bond donors (Lipinski definition) is 2. The van der Waals surface area contributed by atoms with Gasteiger partial charge in [0.1, 0.15) is 5.82 Å². The summed E-state index contributed by atoms with van der Waals surface area (Å²) in [7, 11) is 1.58. The molecule has 2 rings (SSSR count).